The molecule has 0 bridgehead atoms. The monoisotopic (exact) mass is 306 g/mol. The number of nitrogens with zero attached hydrogens (tertiary/aromatic N) is 2. The molecule has 0 spiro atoms. The Balaban J connectivity index is 2.39. The molecule has 0 saturated carbocycles. The summed E-state index contributed by atoms with van der Waals surface area (Å²) in [6.45, 7) is 3.89. The van der Waals surface area contributed by atoms with E-state index >= 15 is 0 Å². The molecular weight excluding hydrogens is 288 g/mol. The molecule has 2 rings (SSSR count). The number of carbonyl (C=O) groups excluding carboxylic acids is 1. The number of hydrogen-bond acceptors (Lipinski definition) is 5. The maximum absolute atomic E-state index is 12.6. The molecule has 21 heavy (non-hydrogen) atoms. The van der Waals surface area contributed by atoms with Gasteiger partial charge in [-0.2, -0.15) is 0 Å². The number of fused-ring (bicyclic) bond motifs is 1. The summed E-state index contributed by atoms with van der Waals surface area (Å²) in [6, 6.07) is 7.31. The third kappa shape index (κ3) is 3.44. The largest absolute Gasteiger partial charge is 0.469 e. The van der Waals surface area contributed by atoms with E-state index in [1.165, 1.54) is 18.9 Å². The molecule has 1 heterocycles. The Morgan fingerprint density at radius 2 is 2.10 bits per heavy atom. The molecule has 1 aromatic carbocycles. The van der Waals surface area contributed by atoms with E-state index in [1.807, 2.05) is 32.0 Å². The Kier molecular flexibility index (Phi) is 5.01. The quantitative estimate of drug-likeness (QED) is 0.483. The van der Waals surface area contributed by atoms with Gasteiger partial charge in [-0.15, -0.1) is 0 Å². The number of carbonyl (C=O) groups is 1. The first-order chi connectivity index (χ1) is 10.0. The first kappa shape index (κ1) is 15.6. The average molecular weight is 306 g/mol. The number of rotatable bonds is 5. The summed E-state index contributed by atoms with van der Waals surface area (Å²) in [5, 5.41) is 1.25. The van der Waals surface area contributed by atoms with Gasteiger partial charge < -0.3 is 4.74 Å². The van der Waals surface area contributed by atoms with Crippen molar-refractivity contribution >= 4 is 28.6 Å². The van der Waals surface area contributed by atoms with Gasteiger partial charge in [-0.3, -0.25) is 14.2 Å². The molecule has 6 heteroatoms. The SMILES string of the molecule is COC(=O)CCSc1nc2ccccc2c(=O)n1C(C)C. The molecule has 2 aromatic rings. The molecule has 0 amide bonds. The van der Waals surface area contributed by atoms with Crippen LogP contribution in [0.25, 0.3) is 10.9 Å². The molecule has 5 nitrogen and oxygen atoms in total. The van der Waals surface area contributed by atoms with Crippen molar-refractivity contribution in [1.82, 2.24) is 9.55 Å². The van der Waals surface area contributed by atoms with Crippen molar-refractivity contribution in [2.75, 3.05) is 12.9 Å². The number of hydrogen-bond donors (Lipinski definition) is 0. The molecule has 0 saturated heterocycles. The van der Waals surface area contributed by atoms with Crippen molar-refractivity contribution in [3.63, 3.8) is 0 Å². The van der Waals surface area contributed by atoms with Gasteiger partial charge in [-0.05, 0) is 26.0 Å². The molecular formula is C15H18N2O3S. The highest BCUT2D eigenvalue weighted by Crippen LogP contribution is 2.21. The van der Waals surface area contributed by atoms with Crippen LogP contribution < -0.4 is 5.56 Å². The first-order valence-corrected chi connectivity index (χ1v) is 7.74. The summed E-state index contributed by atoms with van der Waals surface area (Å²) in [5.74, 6) is 0.270. The van der Waals surface area contributed by atoms with Gasteiger partial charge in [-0.25, -0.2) is 4.98 Å². The molecule has 1 aromatic heterocycles. The van der Waals surface area contributed by atoms with Crippen molar-refractivity contribution in [3.05, 3.63) is 34.6 Å². The standard InChI is InChI=1S/C15H18N2O3S/c1-10(2)17-14(19)11-6-4-5-7-12(11)16-15(17)21-9-8-13(18)20-3/h4-7,10H,8-9H2,1-3H3. The summed E-state index contributed by atoms with van der Waals surface area (Å²) >= 11 is 1.40. The van der Waals surface area contributed by atoms with Gasteiger partial charge in [0.05, 0.1) is 24.4 Å². The van der Waals surface area contributed by atoms with Gasteiger partial charge in [-0.1, -0.05) is 23.9 Å². The highest BCUT2D eigenvalue weighted by atomic mass is 32.2. The van der Waals surface area contributed by atoms with E-state index in [0.717, 1.165) is 0 Å². The third-order valence-corrected chi connectivity index (χ3v) is 4.01. The highest BCUT2D eigenvalue weighted by Gasteiger charge is 2.14. The van der Waals surface area contributed by atoms with Crippen LogP contribution in [0.5, 0.6) is 0 Å². The van der Waals surface area contributed by atoms with Crippen LogP contribution >= 0.6 is 11.8 Å². The predicted octanol–water partition coefficient (Wildman–Crippen LogP) is 2.63. The molecule has 0 unspecified atom stereocenters. The smallest absolute Gasteiger partial charge is 0.306 e. The summed E-state index contributed by atoms with van der Waals surface area (Å²) in [5.41, 5.74) is 0.635. The number of methoxy groups -OCH3 is 1. The molecule has 0 aliphatic carbocycles. The predicted molar refractivity (Wildman–Crippen MR) is 83.7 cm³/mol. The average Bonchev–Trinajstić information content (AvgIpc) is 2.46. The van der Waals surface area contributed by atoms with Gasteiger partial charge in [0.2, 0.25) is 0 Å². The van der Waals surface area contributed by atoms with Crippen LogP contribution in [0.2, 0.25) is 0 Å². The van der Waals surface area contributed by atoms with E-state index in [4.69, 9.17) is 0 Å². The van der Waals surface area contributed by atoms with Crippen molar-refractivity contribution in [3.8, 4) is 0 Å². The summed E-state index contributed by atoms with van der Waals surface area (Å²) in [7, 11) is 1.37. The molecule has 0 aliphatic rings. The minimum Gasteiger partial charge on any atom is -0.469 e. The summed E-state index contributed by atoms with van der Waals surface area (Å²) in [4.78, 5) is 28.3. The fourth-order valence-corrected chi connectivity index (χ4v) is 3.06. The van der Waals surface area contributed by atoms with Gasteiger partial charge >= 0.3 is 5.97 Å². The zero-order valence-corrected chi connectivity index (χ0v) is 13.1. The van der Waals surface area contributed by atoms with Crippen LogP contribution in [-0.2, 0) is 9.53 Å². The number of ether oxygens (including phenoxy) is 1. The van der Waals surface area contributed by atoms with Crippen LogP contribution in [0.1, 0.15) is 26.3 Å². The Bertz CT molecular complexity index is 710. The topological polar surface area (TPSA) is 61.2 Å². The van der Waals surface area contributed by atoms with Crippen molar-refractivity contribution in [1.29, 1.82) is 0 Å². The minimum atomic E-state index is -0.262. The molecule has 0 fully saturated rings. The first-order valence-electron chi connectivity index (χ1n) is 6.75. The fraction of sp³-hybridized carbons (Fsp3) is 0.400. The number of aromatic nitrogens is 2. The Hall–Kier alpha value is -1.82. The minimum absolute atomic E-state index is 0.00947. The molecule has 112 valence electrons. The van der Waals surface area contributed by atoms with Crippen LogP contribution in [0.15, 0.2) is 34.2 Å². The summed E-state index contributed by atoms with van der Waals surface area (Å²) in [6.07, 6.45) is 0.294. The molecule has 0 radical (unpaired) electrons. The Morgan fingerprint density at radius 3 is 2.76 bits per heavy atom. The maximum atomic E-state index is 12.6. The van der Waals surface area contributed by atoms with Gasteiger partial charge in [0.1, 0.15) is 0 Å². The second-order valence-electron chi connectivity index (χ2n) is 4.86. The van der Waals surface area contributed by atoms with Crippen LogP contribution in [-0.4, -0.2) is 28.4 Å². The lowest BCUT2D eigenvalue weighted by atomic mass is 10.2. The maximum Gasteiger partial charge on any atom is 0.306 e. The number of thioether (sulfide) groups is 1. The summed E-state index contributed by atoms with van der Waals surface area (Å²) < 4.78 is 6.29. The van der Waals surface area contributed by atoms with Gasteiger partial charge in [0.25, 0.3) is 5.56 Å². The van der Waals surface area contributed by atoms with Crippen LogP contribution in [0, 0.1) is 0 Å². The van der Waals surface area contributed by atoms with E-state index in [0.29, 0.717) is 28.2 Å². The normalized spacial score (nSPS) is 11.0. The highest BCUT2D eigenvalue weighted by molar-refractivity contribution is 7.99. The second kappa shape index (κ2) is 6.76. The lowest BCUT2D eigenvalue weighted by Gasteiger charge is -2.15. The van der Waals surface area contributed by atoms with E-state index in [2.05, 4.69) is 9.72 Å². The van der Waals surface area contributed by atoms with Crippen molar-refractivity contribution in [2.24, 2.45) is 0 Å². The van der Waals surface area contributed by atoms with Crippen LogP contribution in [0.4, 0.5) is 0 Å². The zero-order chi connectivity index (χ0) is 15.4. The third-order valence-electron chi connectivity index (χ3n) is 3.06. The van der Waals surface area contributed by atoms with Gasteiger partial charge in [0, 0.05) is 11.8 Å². The molecule has 0 atom stereocenters. The zero-order valence-electron chi connectivity index (χ0n) is 12.3. The van der Waals surface area contributed by atoms with E-state index in [-0.39, 0.29) is 17.6 Å². The van der Waals surface area contributed by atoms with Crippen LogP contribution in [0.3, 0.4) is 0 Å². The fourth-order valence-electron chi connectivity index (χ4n) is 2.01. The molecule has 0 aliphatic heterocycles. The van der Waals surface area contributed by atoms with Gasteiger partial charge in [0.15, 0.2) is 5.16 Å². The molecule has 0 N–H and O–H groups in total. The number of para-hydroxylation sites is 1. The van der Waals surface area contributed by atoms with Crippen molar-refractivity contribution in [2.45, 2.75) is 31.5 Å². The number of benzene rings is 1. The second-order valence-corrected chi connectivity index (χ2v) is 5.92. The van der Waals surface area contributed by atoms with E-state index in [9.17, 15) is 9.59 Å². The Morgan fingerprint density at radius 1 is 1.38 bits per heavy atom. The lowest BCUT2D eigenvalue weighted by molar-refractivity contribution is -0.140. The van der Waals surface area contributed by atoms with E-state index in [1.54, 1.807) is 10.6 Å². The van der Waals surface area contributed by atoms with E-state index < -0.39 is 0 Å². The Labute approximate surface area is 127 Å². The lowest BCUT2D eigenvalue weighted by Crippen LogP contribution is -2.25. The number of esters is 1. The van der Waals surface area contributed by atoms with Crippen molar-refractivity contribution < 1.29 is 9.53 Å².